The van der Waals surface area contributed by atoms with Gasteiger partial charge in [0, 0.05) is 12.1 Å². The molecule has 2 N–H and O–H groups in total. The SMILES string of the molecule is C=C(C)C(=O)NCCC.CNC. The predicted octanol–water partition coefficient (Wildman–Crippen LogP) is 0.924. The van der Waals surface area contributed by atoms with Crippen LogP contribution in [0.1, 0.15) is 20.3 Å². The van der Waals surface area contributed by atoms with Gasteiger partial charge < -0.3 is 10.6 Å². The van der Waals surface area contributed by atoms with Crippen LogP contribution in [0.4, 0.5) is 0 Å². The van der Waals surface area contributed by atoms with Gasteiger partial charge in [-0.25, -0.2) is 0 Å². The van der Waals surface area contributed by atoms with Crippen molar-refractivity contribution in [2.75, 3.05) is 20.6 Å². The van der Waals surface area contributed by atoms with E-state index in [1.54, 1.807) is 6.92 Å². The fourth-order valence-electron chi connectivity index (χ4n) is 0.389. The van der Waals surface area contributed by atoms with Gasteiger partial charge in [0.1, 0.15) is 0 Å². The van der Waals surface area contributed by atoms with Gasteiger partial charge in [-0.2, -0.15) is 0 Å². The van der Waals surface area contributed by atoms with Crippen molar-refractivity contribution in [1.82, 2.24) is 10.6 Å². The average Bonchev–Trinajstić information content (AvgIpc) is 2.01. The first kappa shape index (κ1) is 13.7. The standard InChI is InChI=1S/C7H13NO.C2H7N/c1-4-5-8-7(9)6(2)3;1-3-2/h2,4-5H2,1,3H3,(H,8,9);3H,1-2H3. The molecule has 72 valence electrons. The van der Waals surface area contributed by atoms with Crippen molar-refractivity contribution >= 4 is 5.91 Å². The van der Waals surface area contributed by atoms with Gasteiger partial charge in [0.05, 0.1) is 0 Å². The second-order valence-electron chi connectivity index (χ2n) is 2.54. The zero-order chi connectivity index (χ0) is 9.98. The van der Waals surface area contributed by atoms with E-state index in [-0.39, 0.29) is 5.91 Å². The molecule has 0 fully saturated rings. The number of rotatable bonds is 3. The molecule has 3 nitrogen and oxygen atoms in total. The average molecular weight is 172 g/mol. The number of amides is 1. The Morgan fingerprint density at radius 3 is 2.08 bits per heavy atom. The van der Waals surface area contributed by atoms with Gasteiger partial charge in [0.15, 0.2) is 0 Å². The smallest absolute Gasteiger partial charge is 0.246 e. The Kier molecular flexibility index (Phi) is 11.6. The summed E-state index contributed by atoms with van der Waals surface area (Å²) in [5.74, 6) is -0.0446. The van der Waals surface area contributed by atoms with E-state index in [9.17, 15) is 4.79 Å². The van der Waals surface area contributed by atoms with Crippen molar-refractivity contribution in [2.45, 2.75) is 20.3 Å². The van der Waals surface area contributed by atoms with Gasteiger partial charge >= 0.3 is 0 Å². The topological polar surface area (TPSA) is 41.1 Å². The third-order valence-corrected chi connectivity index (χ3v) is 0.923. The van der Waals surface area contributed by atoms with Crippen LogP contribution >= 0.6 is 0 Å². The van der Waals surface area contributed by atoms with Crippen LogP contribution in [0.5, 0.6) is 0 Å². The number of hydrogen-bond acceptors (Lipinski definition) is 2. The van der Waals surface area contributed by atoms with Gasteiger partial charge in [0.2, 0.25) is 5.91 Å². The van der Waals surface area contributed by atoms with Crippen LogP contribution in [0.3, 0.4) is 0 Å². The Balaban J connectivity index is 0. The highest BCUT2D eigenvalue weighted by atomic mass is 16.1. The molecule has 0 aliphatic carbocycles. The lowest BCUT2D eigenvalue weighted by molar-refractivity contribution is -0.117. The zero-order valence-corrected chi connectivity index (χ0v) is 8.53. The molecule has 0 spiro atoms. The van der Waals surface area contributed by atoms with E-state index in [2.05, 4.69) is 17.2 Å². The van der Waals surface area contributed by atoms with Crippen LogP contribution in [0.15, 0.2) is 12.2 Å². The third kappa shape index (κ3) is 11.9. The van der Waals surface area contributed by atoms with Crippen LogP contribution in [0.25, 0.3) is 0 Å². The summed E-state index contributed by atoms with van der Waals surface area (Å²) in [6, 6.07) is 0. The number of hydrogen-bond donors (Lipinski definition) is 2. The second kappa shape index (κ2) is 10.2. The number of nitrogens with one attached hydrogen (secondary N) is 2. The molecule has 0 aromatic carbocycles. The van der Waals surface area contributed by atoms with E-state index in [4.69, 9.17) is 0 Å². The molecule has 0 bridgehead atoms. The summed E-state index contributed by atoms with van der Waals surface area (Å²) in [6.07, 6.45) is 0.971. The lowest BCUT2D eigenvalue weighted by Crippen LogP contribution is -2.24. The van der Waals surface area contributed by atoms with E-state index >= 15 is 0 Å². The molecule has 0 aliphatic heterocycles. The van der Waals surface area contributed by atoms with E-state index in [1.807, 2.05) is 21.0 Å². The van der Waals surface area contributed by atoms with E-state index < -0.39 is 0 Å². The fourth-order valence-corrected chi connectivity index (χ4v) is 0.389. The number of carbonyl (C=O) groups is 1. The Labute approximate surface area is 75.2 Å². The molecular weight excluding hydrogens is 152 g/mol. The van der Waals surface area contributed by atoms with Crippen LogP contribution < -0.4 is 10.6 Å². The van der Waals surface area contributed by atoms with Gasteiger partial charge in [-0.3, -0.25) is 4.79 Å². The lowest BCUT2D eigenvalue weighted by Gasteiger charge is -1.99. The van der Waals surface area contributed by atoms with Gasteiger partial charge in [-0.05, 0) is 27.4 Å². The maximum Gasteiger partial charge on any atom is 0.246 e. The van der Waals surface area contributed by atoms with Gasteiger partial charge in [-0.1, -0.05) is 13.5 Å². The molecule has 0 heterocycles. The summed E-state index contributed by atoms with van der Waals surface area (Å²) >= 11 is 0. The Morgan fingerprint density at radius 2 is 1.83 bits per heavy atom. The first-order chi connectivity index (χ1) is 5.59. The summed E-state index contributed by atoms with van der Waals surface area (Å²) < 4.78 is 0. The number of carbonyl (C=O) groups excluding carboxylic acids is 1. The maximum absolute atomic E-state index is 10.7. The molecule has 0 aromatic heterocycles. The molecule has 12 heavy (non-hydrogen) atoms. The zero-order valence-electron chi connectivity index (χ0n) is 8.53. The highest BCUT2D eigenvalue weighted by Gasteiger charge is 1.96. The summed E-state index contributed by atoms with van der Waals surface area (Å²) in [5, 5.41) is 5.44. The predicted molar refractivity (Wildman–Crippen MR) is 53.1 cm³/mol. The first-order valence-electron chi connectivity index (χ1n) is 4.12. The second-order valence-corrected chi connectivity index (χ2v) is 2.54. The highest BCUT2D eigenvalue weighted by molar-refractivity contribution is 5.91. The van der Waals surface area contributed by atoms with Crippen molar-refractivity contribution in [2.24, 2.45) is 0 Å². The van der Waals surface area contributed by atoms with Crippen molar-refractivity contribution in [1.29, 1.82) is 0 Å². The largest absolute Gasteiger partial charge is 0.352 e. The molecule has 0 aromatic rings. The molecule has 0 aliphatic rings. The molecule has 0 atom stereocenters. The summed E-state index contributed by atoms with van der Waals surface area (Å²) in [6.45, 7) is 7.95. The Bertz CT molecular complexity index is 132. The van der Waals surface area contributed by atoms with Gasteiger partial charge in [0.25, 0.3) is 0 Å². The van der Waals surface area contributed by atoms with E-state index in [0.29, 0.717) is 5.57 Å². The fraction of sp³-hybridized carbons (Fsp3) is 0.667. The van der Waals surface area contributed by atoms with Crippen LogP contribution in [-0.2, 0) is 4.79 Å². The van der Waals surface area contributed by atoms with Gasteiger partial charge in [-0.15, -0.1) is 0 Å². The molecule has 1 amide bonds. The van der Waals surface area contributed by atoms with Crippen LogP contribution in [-0.4, -0.2) is 26.5 Å². The minimum atomic E-state index is -0.0446. The van der Waals surface area contributed by atoms with Crippen LogP contribution in [0, 0.1) is 0 Å². The highest BCUT2D eigenvalue weighted by Crippen LogP contribution is 1.84. The molecule has 3 heteroatoms. The minimum Gasteiger partial charge on any atom is -0.352 e. The Morgan fingerprint density at radius 1 is 1.42 bits per heavy atom. The molecule has 0 radical (unpaired) electrons. The van der Waals surface area contributed by atoms with E-state index in [0.717, 1.165) is 13.0 Å². The van der Waals surface area contributed by atoms with E-state index in [1.165, 1.54) is 0 Å². The summed E-state index contributed by atoms with van der Waals surface area (Å²) in [5.41, 5.74) is 0.573. The van der Waals surface area contributed by atoms with Crippen molar-refractivity contribution in [3.8, 4) is 0 Å². The third-order valence-electron chi connectivity index (χ3n) is 0.923. The molecule has 0 saturated heterocycles. The minimum absolute atomic E-state index is 0.0446. The molecule has 0 unspecified atom stereocenters. The molecule has 0 saturated carbocycles. The normalized spacial score (nSPS) is 8.00. The van der Waals surface area contributed by atoms with Crippen molar-refractivity contribution < 1.29 is 4.79 Å². The molecular formula is C9H20N2O. The van der Waals surface area contributed by atoms with Crippen molar-refractivity contribution in [3.63, 3.8) is 0 Å². The maximum atomic E-state index is 10.7. The lowest BCUT2D eigenvalue weighted by atomic mass is 10.3. The van der Waals surface area contributed by atoms with Crippen molar-refractivity contribution in [3.05, 3.63) is 12.2 Å². The molecule has 0 rings (SSSR count). The summed E-state index contributed by atoms with van der Waals surface area (Å²) in [4.78, 5) is 10.7. The Hall–Kier alpha value is -0.830. The monoisotopic (exact) mass is 172 g/mol. The summed E-state index contributed by atoms with van der Waals surface area (Å²) in [7, 11) is 3.75. The van der Waals surface area contributed by atoms with Crippen LogP contribution in [0.2, 0.25) is 0 Å². The first-order valence-corrected chi connectivity index (χ1v) is 4.12. The quantitative estimate of drug-likeness (QED) is 0.622.